The number of ether oxygens (including phenoxy) is 2. The summed E-state index contributed by atoms with van der Waals surface area (Å²) in [6, 6.07) is 3.79. The molecule has 164 valence electrons. The maximum Gasteiger partial charge on any atom is 0.344 e. The summed E-state index contributed by atoms with van der Waals surface area (Å²) < 4.78 is 12.6. The van der Waals surface area contributed by atoms with E-state index >= 15 is 0 Å². The number of allylic oxidation sites excluding steroid dienone is 4. The number of ketones is 2. The Morgan fingerprint density at radius 3 is 2.29 bits per heavy atom. The third kappa shape index (κ3) is 4.46. The van der Waals surface area contributed by atoms with Crippen molar-refractivity contribution < 1.29 is 23.9 Å². The Kier molecular flexibility index (Phi) is 6.86. The number of Topliss-reactive ketones (excluding diaryl/α,β-unsaturated/α-hetero) is 2. The van der Waals surface area contributed by atoms with Crippen LogP contribution < -0.4 is 10.1 Å². The van der Waals surface area contributed by atoms with Crippen LogP contribution in [-0.2, 0) is 19.1 Å². The van der Waals surface area contributed by atoms with Crippen LogP contribution in [0.2, 0.25) is 0 Å². The number of benzene rings is 1. The normalized spacial score (nSPS) is 19.1. The zero-order valence-corrected chi connectivity index (χ0v) is 20.9. The van der Waals surface area contributed by atoms with Crippen LogP contribution in [0.15, 0.2) is 39.1 Å². The summed E-state index contributed by atoms with van der Waals surface area (Å²) in [5, 5.41) is 3.42. The van der Waals surface area contributed by atoms with Gasteiger partial charge in [-0.2, -0.15) is 0 Å². The fourth-order valence-corrected chi connectivity index (χ4v) is 6.28. The van der Waals surface area contributed by atoms with Gasteiger partial charge in [-0.25, -0.2) is 4.79 Å². The Morgan fingerprint density at radius 1 is 1.10 bits per heavy atom. The van der Waals surface area contributed by atoms with Gasteiger partial charge >= 0.3 is 5.97 Å². The van der Waals surface area contributed by atoms with E-state index in [1.165, 1.54) is 0 Å². The minimum Gasteiger partial charge on any atom is -0.480 e. The highest BCUT2D eigenvalue weighted by Crippen LogP contribution is 2.49. The van der Waals surface area contributed by atoms with Crippen molar-refractivity contribution in [2.45, 2.75) is 51.4 Å². The van der Waals surface area contributed by atoms with Crippen LogP contribution in [0.1, 0.15) is 56.9 Å². The summed E-state index contributed by atoms with van der Waals surface area (Å²) in [4.78, 5) is 38.1. The first kappa shape index (κ1) is 22.5. The molecule has 3 aliphatic rings. The SMILES string of the molecule is CCOC(=O)COc1c(I)cc(Br)cc1C1C2=C(CCCC2=O)NC2=C1C(=O)CCC2. The number of hydrogen-bond donors (Lipinski definition) is 1. The number of nitrogens with one attached hydrogen (secondary N) is 1. The highest BCUT2D eigenvalue weighted by molar-refractivity contribution is 14.1. The zero-order chi connectivity index (χ0) is 22.1. The highest BCUT2D eigenvalue weighted by Gasteiger charge is 2.41. The summed E-state index contributed by atoms with van der Waals surface area (Å²) in [5.74, 6) is -0.306. The summed E-state index contributed by atoms with van der Waals surface area (Å²) in [7, 11) is 0. The van der Waals surface area contributed by atoms with Crippen LogP contribution in [0.5, 0.6) is 5.75 Å². The smallest absolute Gasteiger partial charge is 0.344 e. The Bertz CT molecular complexity index is 987. The van der Waals surface area contributed by atoms with Crippen molar-refractivity contribution in [3.8, 4) is 5.75 Å². The number of carbonyl (C=O) groups excluding carboxylic acids is 3. The molecule has 1 heterocycles. The number of hydrogen-bond acceptors (Lipinski definition) is 6. The maximum absolute atomic E-state index is 13.1. The van der Waals surface area contributed by atoms with E-state index in [-0.39, 0.29) is 24.8 Å². The average molecular weight is 600 g/mol. The lowest BCUT2D eigenvalue weighted by Gasteiger charge is -2.37. The van der Waals surface area contributed by atoms with Crippen LogP contribution in [0.25, 0.3) is 0 Å². The molecule has 4 rings (SSSR count). The van der Waals surface area contributed by atoms with Gasteiger partial charge in [0, 0.05) is 51.3 Å². The molecule has 0 spiro atoms. The second-order valence-corrected chi connectivity index (χ2v) is 9.87. The van der Waals surface area contributed by atoms with Gasteiger partial charge in [-0.15, -0.1) is 0 Å². The lowest BCUT2D eigenvalue weighted by atomic mass is 9.71. The van der Waals surface area contributed by atoms with Gasteiger partial charge in [0.25, 0.3) is 0 Å². The first-order chi connectivity index (χ1) is 14.9. The lowest BCUT2D eigenvalue weighted by Crippen LogP contribution is -2.36. The van der Waals surface area contributed by atoms with Gasteiger partial charge in [-0.1, -0.05) is 15.9 Å². The molecule has 0 saturated carbocycles. The molecule has 0 aromatic heterocycles. The minimum atomic E-state index is -0.491. The monoisotopic (exact) mass is 599 g/mol. The molecule has 1 aromatic rings. The third-order valence-electron chi connectivity index (χ3n) is 5.78. The van der Waals surface area contributed by atoms with Crippen molar-refractivity contribution in [3.63, 3.8) is 0 Å². The molecular formula is C23H23BrINO5. The molecule has 1 N–H and O–H groups in total. The van der Waals surface area contributed by atoms with E-state index in [9.17, 15) is 14.4 Å². The molecule has 1 aromatic carbocycles. The van der Waals surface area contributed by atoms with Crippen LogP contribution in [0.4, 0.5) is 0 Å². The number of esters is 1. The topological polar surface area (TPSA) is 81.7 Å². The predicted molar refractivity (Wildman–Crippen MR) is 127 cm³/mol. The largest absolute Gasteiger partial charge is 0.480 e. The van der Waals surface area contributed by atoms with E-state index in [1.54, 1.807) is 6.92 Å². The van der Waals surface area contributed by atoms with Gasteiger partial charge in [-0.05, 0) is 67.3 Å². The Morgan fingerprint density at radius 2 is 1.71 bits per heavy atom. The van der Waals surface area contributed by atoms with E-state index in [4.69, 9.17) is 9.47 Å². The molecule has 2 aliphatic carbocycles. The van der Waals surface area contributed by atoms with Crippen molar-refractivity contribution >= 4 is 56.1 Å². The van der Waals surface area contributed by atoms with E-state index in [1.807, 2.05) is 12.1 Å². The number of halogens is 2. The van der Waals surface area contributed by atoms with E-state index in [0.29, 0.717) is 29.7 Å². The molecule has 31 heavy (non-hydrogen) atoms. The second kappa shape index (κ2) is 9.44. The predicted octanol–water partition coefficient (Wildman–Crippen LogP) is 4.70. The van der Waals surface area contributed by atoms with Crippen molar-refractivity contribution in [3.05, 3.63) is 48.3 Å². The fraction of sp³-hybridized carbons (Fsp3) is 0.435. The summed E-state index contributed by atoms with van der Waals surface area (Å²) in [5.41, 5.74) is 3.89. The minimum absolute atomic E-state index is 0.0648. The standard InChI is InChI=1S/C23H23BrINO5/c1-2-30-19(29)11-31-23-13(9-12(24)10-14(23)25)20-21-15(5-3-7-17(21)27)26-16-6-4-8-18(28)22(16)20/h9-10,20,26H,2-8,11H2,1H3. The quantitative estimate of drug-likeness (QED) is 0.390. The van der Waals surface area contributed by atoms with E-state index in [2.05, 4.69) is 43.8 Å². The van der Waals surface area contributed by atoms with Crippen LogP contribution in [-0.4, -0.2) is 30.7 Å². The number of carbonyl (C=O) groups is 3. The van der Waals surface area contributed by atoms with Crippen LogP contribution in [0, 0.1) is 3.57 Å². The first-order valence-corrected chi connectivity index (χ1v) is 12.3. The molecule has 0 radical (unpaired) electrons. The molecule has 8 heteroatoms. The Hall–Kier alpha value is -1.68. The van der Waals surface area contributed by atoms with Gasteiger partial charge in [0.15, 0.2) is 18.2 Å². The van der Waals surface area contributed by atoms with E-state index in [0.717, 1.165) is 50.7 Å². The molecule has 0 amide bonds. The molecule has 0 saturated heterocycles. The van der Waals surface area contributed by atoms with Gasteiger partial charge < -0.3 is 14.8 Å². The van der Waals surface area contributed by atoms with Gasteiger partial charge in [0.1, 0.15) is 5.75 Å². The molecule has 0 atom stereocenters. The fourth-order valence-electron chi connectivity index (χ4n) is 4.58. The number of dihydropyridines is 1. The zero-order valence-electron chi connectivity index (χ0n) is 17.2. The highest BCUT2D eigenvalue weighted by atomic mass is 127. The van der Waals surface area contributed by atoms with Crippen molar-refractivity contribution in [2.24, 2.45) is 0 Å². The Balaban J connectivity index is 1.86. The lowest BCUT2D eigenvalue weighted by molar-refractivity contribution is -0.145. The van der Waals surface area contributed by atoms with E-state index < -0.39 is 11.9 Å². The van der Waals surface area contributed by atoms with Gasteiger partial charge in [0.05, 0.1) is 10.2 Å². The molecule has 0 bridgehead atoms. The second-order valence-electron chi connectivity index (χ2n) is 7.80. The average Bonchev–Trinajstić information content (AvgIpc) is 2.72. The van der Waals surface area contributed by atoms with Crippen molar-refractivity contribution in [2.75, 3.05) is 13.2 Å². The molecule has 6 nitrogen and oxygen atoms in total. The Labute approximate surface area is 203 Å². The summed E-state index contributed by atoms with van der Waals surface area (Å²) in [6.45, 7) is 1.78. The maximum atomic E-state index is 13.1. The van der Waals surface area contributed by atoms with Crippen molar-refractivity contribution in [1.82, 2.24) is 5.32 Å². The summed E-state index contributed by atoms with van der Waals surface area (Å²) in [6.07, 6.45) is 4.11. The van der Waals surface area contributed by atoms with Crippen LogP contribution in [0.3, 0.4) is 0 Å². The van der Waals surface area contributed by atoms with Gasteiger partial charge in [0.2, 0.25) is 0 Å². The van der Waals surface area contributed by atoms with Crippen molar-refractivity contribution in [1.29, 1.82) is 0 Å². The van der Waals surface area contributed by atoms with Gasteiger partial charge in [-0.3, -0.25) is 9.59 Å². The first-order valence-electron chi connectivity index (χ1n) is 10.5. The number of rotatable bonds is 5. The summed E-state index contributed by atoms with van der Waals surface area (Å²) >= 11 is 5.71. The van der Waals surface area contributed by atoms with Crippen LogP contribution >= 0.6 is 38.5 Å². The molecule has 0 unspecified atom stereocenters. The molecular weight excluding hydrogens is 577 g/mol. The molecule has 1 aliphatic heterocycles. The molecule has 0 fully saturated rings. The third-order valence-corrected chi connectivity index (χ3v) is 7.04.